The van der Waals surface area contributed by atoms with Gasteiger partial charge in [-0.25, -0.2) is 0 Å². The molecule has 0 spiro atoms. The standard InChI is InChI=1S/C16H26N4OS/c1-14(21)19-8-10-20(11-9-19)15(16-3-2-12-22-16)13-18-6-4-17-5-7-18/h2-3,12,15,17H,4-11,13H2,1H3. The van der Waals surface area contributed by atoms with Gasteiger partial charge in [0, 0.05) is 70.7 Å². The van der Waals surface area contributed by atoms with Gasteiger partial charge in [0.2, 0.25) is 5.91 Å². The van der Waals surface area contributed by atoms with Crippen molar-refractivity contribution in [2.24, 2.45) is 0 Å². The van der Waals surface area contributed by atoms with Gasteiger partial charge in [0.25, 0.3) is 0 Å². The molecule has 5 nitrogen and oxygen atoms in total. The highest BCUT2D eigenvalue weighted by molar-refractivity contribution is 7.10. The van der Waals surface area contributed by atoms with E-state index in [0.29, 0.717) is 6.04 Å². The highest BCUT2D eigenvalue weighted by Gasteiger charge is 2.28. The number of rotatable bonds is 4. The van der Waals surface area contributed by atoms with Gasteiger partial charge in [0.05, 0.1) is 6.04 Å². The lowest BCUT2D eigenvalue weighted by Gasteiger charge is -2.41. The minimum atomic E-state index is 0.203. The van der Waals surface area contributed by atoms with Crippen molar-refractivity contribution in [3.8, 4) is 0 Å². The van der Waals surface area contributed by atoms with Gasteiger partial charge < -0.3 is 10.2 Å². The molecule has 1 amide bonds. The van der Waals surface area contributed by atoms with Gasteiger partial charge in [0.15, 0.2) is 0 Å². The molecule has 0 saturated carbocycles. The van der Waals surface area contributed by atoms with Crippen molar-refractivity contribution in [3.63, 3.8) is 0 Å². The number of carbonyl (C=O) groups excluding carboxylic acids is 1. The third-order valence-electron chi connectivity index (χ3n) is 4.71. The van der Waals surface area contributed by atoms with Crippen LogP contribution in [0.15, 0.2) is 17.5 Å². The Labute approximate surface area is 136 Å². The zero-order valence-corrected chi connectivity index (χ0v) is 14.1. The third kappa shape index (κ3) is 3.87. The van der Waals surface area contributed by atoms with Gasteiger partial charge in [-0.05, 0) is 11.4 Å². The molecule has 2 aliphatic heterocycles. The van der Waals surface area contributed by atoms with E-state index in [1.165, 1.54) is 4.88 Å². The number of hydrogen-bond acceptors (Lipinski definition) is 5. The van der Waals surface area contributed by atoms with Crippen LogP contribution in [0.5, 0.6) is 0 Å². The molecule has 2 saturated heterocycles. The third-order valence-corrected chi connectivity index (χ3v) is 5.69. The van der Waals surface area contributed by atoms with Crippen LogP contribution in [0.3, 0.4) is 0 Å². The molecule has 0 radical (unpaired) electrons. The Balaban J connectivity index is 1.65. The summed E-state index contributed by atoms with van der Waals surface area (Å²) >= 11 is 1.86. The molecule has 1 aromatic heterocycles. The average molecular weight is 322 g/mol. The number of thiophene rings is 1. The highest BCUT2D eigenvalue weighted by atomic mass is 32.1. The van der Waals surface area contributed by atoms with E-state index in [4.69, 9.17) is 0 Å². The fraction of sp³-hybridized carbons (Fsp3) is 0.688. The number of amides is 1. The lowest BCUT2D eigenvalue weighted by atomic mass is 10.1. The number of hydrogen-bond donors (Lipinski definition) is 1. The van der Waals surface area contributed by atoms with Gasteiger partial charge in [0.1, 0.15) is 0 Å². The van der Waals surface area contributed by atoms with Crippen LogP contribution in [0, 0.1) is 0 Å². The molecule has 0 aliphatic carbocycles. The molecule has 1 unspecified atom stereocenters. The lowest BCUT2D eigenvalue weighted by Crippen LogP contribution is -2.52. The second-order valence-electron chi connectivity index (χ2n) is 6.12. The molecule has 122 valence electrons. The first-order valence-corrected chi connectivity index (χ1v) is 9.08. The Morgan fingerprint density at radius 2 is 1.95 bits per heavy atom. The molecule has 2 aliphatic rings. The van der Waals surface area contributed by atoms with E-state index in [2.05, 4.69) is 32.6 Å². The number of carbonyl (C=O) groups is 1. The van der Waals surface area contributed by atoms with Gasteiger partial charge in [-0.15, -0.1) is 11.3 Å². The first-order valence-electron chi connectivity index (χ1n) is 8.20. The van der Waals surface area contributed by atoms with Crippen molar-refractivity contribution in [3.05, 3.63) is 22.4 Å². The molecule has 0 aromatic carbocycles. The van der Waals surface area contributed by atoms with Crippen LogP contribution < -0.4 is 5.32 Å². The maximum absolute atomic E-state index is 11.5. The van der Waals surface area contributed by atoms with Crippen molar-refractivity contribution < 1.29 is 4.79 Å². The van der Waals surface area contributed by atoms with Crippen LogP contribution >= 0.6 is 11.3 Å². The minimum absolute atomic E-state index is 0.203. The summed E-state index contributed by atoms with van der Waals surface area (Å²) in [6.07, 6.45) is 0. The normalized spacial score (nSPS) is 22.7. The van der Waals surface area contributed by atoms with Gasteiger partial charge >= 0.3 is 0 Å². The van der Waals surface area contributed by atoms with Gasteiger partial charge in [-0.3, -0.25) is 14.6 Å². The Morgan fingerprint density at radius 3 is 2.55 bits per heavy atom. The molecule has 22 heavy (non-hydrogen) atoms. The van der Waals surface area contributed by atoms with Gasteiger partial charge in [-0.1, -0.05) is 6.07 Å². The van der Waals surface area contributed by atoms with Crippen molar-refractivity contribution in [1.29, 1.82) is 0 Å². The average Bonchev–Trinajstić information content (AvgIpc) is 3.08. The van der Waals surface area contributed by atoms with Crippen LogP contribution in [0.1, 0.15) is 17.8 Å². The topological polar surface area (TPSA) is 38.8 Å². The van der Waals surface area contributed by atoms with E-state index >= 15 is 0 Å². The van der Waals surface area contributed by atoms with E-state index < -0.39 is 0 Å². The summed E-state index contributed by atoms with van der Waals surface area (Å²) in [4.78, 5) is 20.1. The molecule has 1 aromatic rings. The number of nitrogens with zero attached hydrogens (tertiary/aromatic N) is 3. The summed E-state index contributed by atoms with van der Waals surface area (Å²) < 4.78 is 0. The maximum atomic E-state index is 11.5. The largest absolute Gasteiger partial charge is 0.340 e. The Morgan fingerprint density at radius 1 is 1.23 bits per heavy atom. The summed E-state index contributed by atoms with van der Waals surface area (Å²) in [6, 6.07) is 4.87. The predicted octanol–water partition coefficient (Wildman–Crippen LogP) is 0.859. The van der Waals surface area contributed by atoms with E-state index in [1.54, 1.807) is 6.92 Å². The number of nitrogens with one attached hydrogen (secondary N) is 1. The summed E-state index contributed by atoms with van der Waals surface area (Å²) in [5.74, 6) is 0.203. The summed E-state index contributed by atoms with van der Waals surface area (Å²) in [6.45, 7) is 10.9. The first kappa shape index (κ1) is 15.9. The molecule has 1 atom stereocenters. The van der Waals surface area contributed by atoms with E-state index in [1.807, 2.05) is 16.2 Å². The summed E-state index contributed by atoms with van der Waals surface area (Å²) in [7, 11) is 0. The Hall–Kier alpha value is -0.950. The quantitative estimate of drug-likeness (QED) is 0.892. The molecule has 6 heteroatoms. The monoisotopic (exact) mass is 322 g/mol. The maximum Gasteiger partial charge on any atom is 0.219 e. The number of piperazine rings is 2. The smallest absolute Gasteiger partial charge is 0.219 e. The van der Waals surface area contributed by atoms with Crippen LogP contribution in [0.25, 0.3) is 0 Å². The van der Waals surface area contributed by atoms with Crippen molar-refractivity contribution in [2.75, 3.05) is 58.9 Å². The van der Waals surface area contributed by atoms with Crippen molar-refractivity contribution in [1.82, 2.24) is 20.0 Å². The second kappa shape index (κ2) is 7.55. The molecule has 2 fully saturated rings. The van der Waals surface area contributed by atoms with Crippen LogP contribution in [0.4, 0.5) is 0 Å². The first-order chi connectivity index (χ1) is 10.7. The van der Waals surface area contributed by atoms with Crippen LogP contribution in [0.2, 0.25) is 0 Å². The van der Waals surface area contributed by atoms with Gasteiger partial charge in [-0.2, -0.15) is 0 Å². The van der Waals surface area contributed by atoms with E-state index in [9.17, 15) is 4.79 Å². The Bertz CT molecular complexity index is 465. The molecule has 1 N–H and O–H groups in total. The fourth-order valence-electron chi connectivity index (χ4n) is 3.35. The zero-order chi connectivity index (χ0) is 15.4. The van der Waals surface area contributed by atoms with Crippen molar-refractivity contribution in [2.45, 2.75) is 13.0 Å². The zero-order valence-electron chi connectivity index (χ0n) is 13.3. The van der Waals surface area contributed by atoms with Crippen LogP contribution in [-0.4, -0.2) is 79.5 Å². The van der Waals surface area contributed by atoms with E-state index in [0.717, 1.165) is 58.9 Å². The second-order valence-corrected chi connectivity index (χ2v) is 7.10. The molecule has 3 rings (SSSR count). The molecular weight excluding hydrogens is 296 g/mol. The Kier molecular flexibility index (Phi) is 5.46. The predicted molar refractivity (Wildman–Crippen MR) is 90.2 cm³/mol. The fourth-order valence-corrected chi connectivity index (χ4v) is 4.21. The van der Waals surface area contributed by atoms with Crippen molar-refractivity contribution >= 4 is 17.2 Å². The van der Waals surface area contributed by atoms with Crippen LogP contribution in [-0.2, 0) is 4.79 Å². The molecule has 0 bridgehead atoms. The SMILES string of the molecule is CC(=O)N1CCN(C(CN2CCNCC2)c2cccs2)CC1. The lowest BCUT2D eigenvalue weighted by molar-refractivity contribution is -0.130. The van der Waals surface area contributed by atoms with E-state index in [-0.39, 0.29) is 5.91 Å². The summed E-state index contributed by atoms with van der Waals surface area (Å²) in [5, 5.41) is 5.60. The minimum Gasteiger partial charge on any atom is -0.340 e. The molecule has 3 heterocycles. The molecular formula is C16H26N4OS. The summed E-state index contributed by atoms with van der Waals surface area (Å²) in [5.41, 5.74) is 0. The highest BCUT2D eigenvalue weighted by Crippen LogP contribution is 2.27.